The first-order valence-electron chi connectivity index (χ1n) is 10.8. The molecule has 0 saturated heterocycles. The van der Waals surface area contributed by atoms with Crippen molar-refractivity contribution in [2.24, 2.45) is 0 Å². The van der Waals surface area contributed by atoms with Crippen molar-refractivity contribution in [3.05, 3.63) is 72.4 Å². The molecule has 0 spiro atoms. The van der Waals surface area contributed by atoms with Crippen molar-refractivity contribution in [2.75, 3.05) is 0 Å². The molecule has 3 aromatic heterocycles. The van der Waals surface area contributed by atoms with E-state index in [4.69, 9.17) is 16.6 Å². The molecule has 0 atom stereocenters. The minimum atomic E-state index is 0.536. The largest absolute Gasteiger partial charge is 0.327 e. The summed E-state index contributed by atoms with van der Waals surface area (Å²) in [4.78, 5) is 14.3. The van der Waals surface area contributed by atoms with Gasteiger partial charge in [-0.1, -0.05) is 49.1 Å². The predicted molar refractivity (Wildman–Crippen MR) is 124 cm³/mol. The number of nitrogens with zero attached hydrogens (tertiary/aromatic N) is 5. The lowest BCUT2D eigenvalue weighted by molar-refractivity contribution is 0.359. The third-order valence-electron chi connectivity index (χ3n) is 6.33. The van der Waals surface area contributed by atoms with Gasteiger partial charge in [0.25, 0.3) is 0 Å². The van der Waals surface area contributed by atoms with E-state index in [9.17, 15) is 0 Å². The number of imidazole rings is 2. The standard InChI is InChI=1S/C25H22ClN5/c26-19-9-6-17(7-10-19)22-15-30-13-12-27-25(30)24(29-22)18-8-11-21-23(14-18)31(16-28-21)20-4-2-1-3-5-20/h6-16,20H,1-5H2. The summed E-state index contributed by atoms with van der Waals surface area (Å²) in [6, 6.07) is 14.7. The maximum atomic E-state index is 6.08. The van der Waals surface area contributed by atoms with Crippen molar-refractivity contribution in [1.29, 1.82) is 0 Å². The highest BCUT2D eigenvalue weighted by Gasteiger charge is 2.19. The van der Waals surface area contributed by atoms with Gasteiger partial charge in [0.1, 0.15) is 5.69 Å². The molecule has 0 bridgehead atoms. The minimum absolute atomic E-state index is 0.536. The molecule has 2 aromatic carbocycles. The van der Waals surface area contributed by atoms with Crippen LogP contribution in [0, 0.1) is 0 Å². The quantitative estimate of drug-likeness (QED) is 0.327. The zero-order valence-electron chi connectivity index (χ0n) is 17.1. The Hall–Kier alpha value is -3.18. The van der Waals surface area contributed by atoms with Crippen molar-refractivity contribution in [2.45, 2.75) is 38.1 Å². The number of benzene rings is 2. The third-order valence-corrected chi connectivity index (χ3v) is 6.58. The highest BCUT2D eigenvalue weighted by molar-refractivity contribution is 6.30. The Bertz CT molecular complexity index is 1380. The van der Waals surface area contributed by atoms with E-state index in [-0.39, 0.29) is 0 Å². The second kappa shape index (κ2) is 7.50. The van der Waals surface area contributed by atoms with Gasteiger partial charge in [-0.2, -0.15) is 0 Å². The van der Waals surface area contributed by atoms with E-state index in [0.29, 0.717) is 11.1 Å². The lowest BCUT2D eigenvalue weighted by Crippen LogP contribution is -2.11. The van der Waals surface area contributed by atoms with Gasteiger partial charge in [0.05, 0.1) is 23.1 Å². The number of fused-ring (bicyclic) bond motifs is 2. The van der Waals surface area contributed by atoms with Gasteiger partial charge in [0.2, 0.25) is 0 Å². The van der Waals surface area contributed by atoms with Crippen LogP contribution in [0.4, 0.5) is 0 Å². The average Bonchev–Trinajstić information content (AvgIpc) is 3.46. The summed E-state index contributed by atoms with van der Waals surface area (Å²) in [5.74, 6) is 0. The molecule has 31 heavy (non-hydrogen) atoms. The van der Waals surface area contributed by atoms with Crippen LogP contribution in [-0.2, 0) is 0 Å². The van der Waals surface area contributed by atoms with Gasteiger partial charge < -0.3 is 8.97 Å². The van der Waals surface area contributed by atoms with E-state index in [1.165, 1.54) is 37.6 Å². The molecule has 5 aromatic rings. The summed E-state index contributed by atoms with van der Waals surface area (Å²) >= 11 is 6.08. The molecule has 1 saturated carbocycles. The van der Waals surface area contributed by atoms with Gasteiger partial charge in [0.15, 0.2) is 5.65 Å². The number of aromatic nitrogens is 5. The summed E-state index contributed by atoms with van der Waals surface area (Å²) in [5, 5.41) is 0.717. The first-order chi connectivity index (χ1) is 15.3. The second-order valence-electron chi connectivity index (χ2n) is 8.29. The van der Waals surface area contributed by atoms with Crippen LogP contribution in [0.5, 0.6) is 0 Å². The van der Waals surface area contributed by atoms with Crippen LogP contribution in [0.25, 0.3) is 39.2 Å². The first kappa shape index (κ1) is 18.6. The zero-order chi connectivity index (χ0) is 20.8. The SMILES string of the molecule is Clc1ccc(-c2cn3ccnc3c(-c3ccc4ncn(C5CCCCC5)c4c3)n2)cc1. The maximum Gasteiger partial charge on any atom is 0.163 e. The Labute approximate surface area is 185 Å². The second-order valence-corrected chi connectivity index (χ2v) is 8.72. The molecule has 3 heterocycles. The Balaban J connectivity index is 1.51. The average molecular weight is 428 g/mol. The van der Waals surface area contributed by atoms with Crippen LogP contribution in [0.3, 0.4) is 0 Å². The van der Waals surface area contributed by atoms with Gasteiger partial charge in [0, 0.05) is 40.8 Å². The molecule has 0 amide bonds. The Morgan fingerprint density at radius 2 is 1.71 bits per heavy atom. The fraction of sp³-hybridized carbons (Fsp3) is 0.240. The van der Waals surface area contributed by atoms with E-state index in [2.05, 4.69) is 32.7 Å². The molecule has 1 fully saturated rings. The molecule has 0 unspecified atom stereocenters. The zero-order valence-corrected chi connectivity index (χ0v) is 17.8. The van der Waals surface area contributed by atoms with Gasteiger partial charge in [-0.3, -0.25) is 0 Å². The molecule has 1 aliphatic carbocycles. The number of rotatable bonds is 3. The van der Waals surface area contributed by atoms with Crippen LogP contribution >= 0.6 is 11.6 Å². The molecule has 6 heteroatoms. The molecule has 1 aliphatic rings. The van der Waals surface area contributed by atoms with Crippen LogP contribution in [-0.4, -0.2) is 23.9 Å². The van der Waals surface area contributed by atoms with Crippen molar-refractivity contribution in [3.63, 3.8) is 0 Å². The molecule has 0 aliphatic heterocycles. The molecule has 154 valence electrons. The maximum absolute atomic E-state index is 6.08. The van der Waals surface area contributed by atoms with Crippen molar-refractivity contribution in [3.8, 4) is 22.5 Å². The molecular formula is C25H22ClN5. The van der Waals surface area contributed by atoms with Crippen molar-refractivity contribution < 1.29 is 0 Å². The van der Waals surface area contributed by atoms with Crippen molar-refractivity contribution in [1.82, 2.24) is 23.9 Å². The highest BCUT2D eigenvalue weighted by atomic mass is 35.5. The lowest BCUT2D eigenvalue weighted by atomic mass is 9.95. The van der Waals surface area contributed by atoms with Crippen LogP contribution in [0.1, 0.15) is 38.1 Å². The number of hydrogen-bond acceptors (Lipinski definition) is 3. The van der Waals surface area contributed by atoms with Crippen molar-refractivity contribution >= 4 is 28.3 Å². The molecule has 0 radical (unpaired) electrons. The fourth-order valence-corrected chi connectivity index (χ4v) is 4.83. The minimum Gasteiger partial charge on any atom is -0.327 e. The summed E-state index contributed by atoms with van der Waals surface area (Å²) in [5.41, 5.74) is 6.89. The Kier molecular flexibility index (Phi) is 4.50. The summed E-state index contributed by atoms with van der Waals surface area (Å²) in [6.45, 7) is 0. The van der Waals surface area contributed by atoms with E-state index >= 15 is 0 Å². The highest BCUT2D eigenvalue weighted by Crippen LogP contribution is 2.33. The van der Waals surface area contributed by atoms with Crippen LogP contribution in [0.2, 0.25) is 5.02 Å². The fourth-order valence-electron chi connectivity index (χ4n) is 4.71. The van der Waals surface area contributed by atoms with Gasteiger partial charge in [-0.05, 0) is 37.1 Å². The first-order valence-corrected chi connectivity index (χ1v) is 11.2. The van der Waals surface area contributed by atoms with E-state index in [1.54, 1.807) is 0 Å². The molecular weight excluding hydrogens is 406 g/mol. The molecule has 0 N–H and O–H groups in total. The van der Waals surface area contributed by atoms with Crippen LogP contribution in [0.15, 0.2) is 67.4 Å². The summed E-state index contributed by atoms with van der Waals surface area (Å²) in [7, 11) is 0. The van der Waals surface area contributed by atoms with E-state index in [1.807, 2.05) is 53.6 Å². The molecule has 5 nitrogen and oxygen atoms in total. The van der Waals surface area contributed by atoms with Gasteiger partial charge >= 0.3 is 0 Å². The van der Waals surface area contributed by atoms with E-state index in [0.717, 1.165) is 33.7 Å². The predicted octanol–water partition coefficient (Wildman–Crippen LogP) is 6.57. The summed E-state index contributed by atoms with van der Waals surface area (Å²) in [6.07, 6.45) is 14.2. The number of halogens is 1. The van der Waals surface area contributed by atoms with Crippen LogP contribution < -0.4 is 0 Å². The topological polar surface area (TPSA) is 48.0 Å². The van der Waals surface area contributed by atoms with Gasteiger partial charge in [-0.15, -0.1) is 0 Å². The third kappa shape index (κ3) is 3.29. The summed E-state index contributed by atoms with van der Waals surface area (Å²) < 4.78 is 4.40. The van der Waals surface area contributed by atoms with E-state index < -0.39 is 0 Å². The monoisotopic (exact) mass is 427 g/mol. The lowest BCUT2D eigenvalue weighted by Gasteiger charge is -2.23. The smallest absolute Gasteiger partial charge is 0.163 e. The normalized spacial score (nSPS) is 15.1. The van der Waals surface area contributed by atoms with Gasteiger partial charge in [-0.25, -0.2) is 15.0 Å². The molecule has 6 rings (SSSR count). The Morgan fingerprint density at radius 1 is 0.903 bits per heavy atom. The number of hydrogen-bond donors (Lipinski definition) is 0. The Morgan fingerprint density at radius 3 is 2.55 bits per heavy atom.